The van der Waals surface area contributed by atoms with Gasteiger partial charge in [0.1, 0.15) is 17.3 Å². The van der Waals surface area contributed by atoms with Crippen LogP contribution in [0.15, 0.2) is 54.1 Å². The molecule has 2 aliphatic heterocycles. The number of likely N-dealkylation sites (tertiary alicyclic amines) is 1. The van der Waals surface area contributed by atoms with E-state index in [2.05, 4.69) is 0 Å². The maximum absolute atomic E-state index is 14.9. The molecule has 6 unspecified atom stereocenters. The molecular formula is C35H29Cl2N5O6S. The second-order valence-corrected chi connectivity index (χ2v) is 15.3. The summed E-state index contributed by atoms with van der Waals surface area (Å²) < 4.78 is 2.52. The van der Waals surface area contributed by atoms with E-state index in [-0.39, 0.29) is 24.4 Å². The molecule has 11 nitrogen and oxygen atoms in total. The molecule has 250 valence electrons. The number of nitrogens with zero attached hydrogens (tertiary/aromatic N) is 4. The molecule has 4 aromatic rings. The Morgan fingerprint density at radius 1 is 1.02 bits per heavy atom. The number of aryl methyl sites for hydroxylation is 2. The molecule has 2 aromatic heterocycles. The lowest BCUT2D eigenvalue weighted by Gasteiger charge is -2.49. The van der Waals surface area contributed by atoms with Gasteiger partial charge in [-0.25, -0.2) is 9.69 Å². The topological polar surface area (TPSA) is 156 Å². The van der Waals surface area contributed by atoms with E-state index in [1.165, 1.54) is 28.2 Å². The lowest BCUT2D eigenvalue weighted by atomic mass is 9.51. The number of aromatic nitrogens is 2. The van der Waals surface area contributed by atoms with Crippen LogP contribution in [-0.4, -0.2) is 49.4 Å². The molecule has 4 aliphatic rings. The van der Waals surface area contributed by atoms with Crippen LogP contribution in [0.4, 0.5) is 10.6 Å². The Morgan fingerprint density at radius 2 is 1.73 bits per heavy atom. The van der Waals surface area contributed by atoms with Gasteiger partial charge in [-0.2, -0.15) is 10.00 Å². The van der Waals surface area contributed by atoms with Gasteiger partial charge < -0.3 is 10.8 Å². The van der Waals surface area contributed by atoms with Crippen LogP contribution < -0.4 is 10.6 Å². The molecule has 3 fully saturated rings. The summed E-state index contributed by atoms with van der Waals surface area (Å²) in [5, 5.41) is 17.8. The number of carbonyl (C=O) groups excluding carboxylic acids is 5. The van der Waals surface area contributed by atoms with Crippen LogP contribution in [0, 0.1) is 36.0 Å². The number of phenolic OH excluding ortho intramolecular Hbond substituents is 1. The lowest BCUT2D eigenvalue weighted by Crippen LogP contribution is -2.49. The van der Waals surface area contributed by atoms with E-state index in [1.807, 2.05) is 31.2 Å². The second kappa shape index (κ2) is 10.7. The number of halogens is 2. The molecule has 2 saturated heterocycles. The Labute approximate surface area is 293 Å². The van der Waals surface area contributed by atoms with Crippen LogP contribution in [-0.2, 0) is 26.2 Å². The Balaban J connectivity index is 1.27. The molecular weight excluding hydrogens is 689 g/mol. The van der Waals surface area contributed by atoms with Crippen molar-refractivity contribution in [3.63, 3.8) is 0 Å². The van der Waals surface area contributed by atoms with Crippen LogP contribution >= 0.6 is 34.5 Å². The zero-order valence-corrected chi connectivity index (χ0v) is 28.8. The summed E-state index contributed by atoms with van der Waals surface area (Å²) in [4.78, 5) is 71.0. The van der Waals surface area contributed by atoms with Crippen molar-refractivity contribution in [1.29, 1.82) is 0 Å². The van der Waals surface area contributed by atoms with Gasteiger partial charge in [0.05, 0.1) is 28.0 Å². The number of amides is 6. The molecule has 2 aliphatic carbocycles. The van der Waals surface area contributed by atoms with Gasteiger partial charge in [0.25, 0.3) is 0 Å². The van der Waals surface area contributed by atoms with Gasteiger partial charge in [-0.1, -0.05) is 34.9 Å². The second-order valence-electron chi connectivity index (χ2n) is 13.4. The van der Waals surface area contributed by atoms with E-state index in [0.29, 0.717) is 31.8 Å². The summed E-state index contributed by atoms with van der Waals surface area (Å²) in [5.74, 6) is -6.57. The van der Waals surface area contributed by atoms with Crippen LogP contribution in [0.3, 0.4) is 0 Å². The molecule has 6 amide bonds. The number of carbonyl (C=O) groups is 5. The Kier molecular flexibility index (Phi) is 6.95. The van der Waals surface area contributed by atoms with Crippen molar-refractivity contribution in [2.45, 2.75) is 32.6 Å². The number of imide groups is 4. The average Bonchev–Trinajstić information content (AvgIpc) is 3.72. The molecule has 2 aromatic carbocycles. The molecule has 14 heteroatoms. The highest BCUT2D eigenvalue weighted by Crippen LogP contribution is 2.64. The molecule has 0 bridgehead atoms. The lowest BCUT2D eigenvalue weighted by molar-refractivity contribution is -0.136. The van der Waals surface area contributed by atoms with Gasteiger partial charge in [0.15, 0.2) is 0 Å². The monoisotopic (exact) mass is 717 g/mol. The fraction of sp³-hybridized carbons (Fsp3) is 0.314. The molecule has 49 heavy (non-hydrogen) atoms. The number of nitrogens with two attached hydrogens (primary N) is 1. The van der Waals surface area contributed by atoms with Crippen LogP contribution in [0.2, 0.25) is 10.0 Å². The summed E-state index contributed by atoms with van der Waals surface area (Å²) in [6.07, 6.45) is 2.00. The highest BCUT2D eigenvalue weighted by molar-refractivity contribution is 7.22. The molecule has 0 spiro atoms. The van der Waals surface area contributed by atoms with Crippen LogP contribution in [0.5, 0.6) is 5.75 Å². The number of fused-ring (bicyclic) bond motifs is 5. The number of thiophene rings is 1. The number of rotatable bonds is 3. The van der Waals surface area contributed by atoms with Crippen molar-refractivity contribution < 1.29 is 29.1 Å². The van der Waals surface area contributed by atoms with E-state index in [9.17, 15) is 29.1 Å². The average molecular weight is 719 g/mol. The molecule has 3 N–H and O–H groups in total. The molecule has 1 saturated carbocycles. The summed E-state index contributed by atoms with van der Waals surface area (Å²) in [6, 6.07) is 10.7. The molecule has 6 atom stereocenters. The molecule has 0 radical (unpaired) electrons. The first-order valence-corrected chi connectivity index (χ1v) is 17.3. The molecule has 8 rings (SSSR count). The number of hydrogen-bond acceptors (Lipinski definition) is 8. The Hall–Kier alpha value is -4.52. The highest BCUT2D eigenvalue weighted by atomic mass is 35.5. The van der Waals surface area contributed by atoms with E-state index >= 15 is 0 Å². The zero-order valence-electron chi connectivity index (χ0n) is 26.4. The third kappa shape index (κ3) is 4.26. The first-order chi connectivity index (χ1) is 23.2. The number of phenols is 1. The zero-order chi connectivity index (χ0) is 34.8. The number of urea groups is 1. The van der Waals surface area contributed by atoms with Gasteiger partial charge in [0.2, 0.25) is 23.6 Å². The third-order valence-corrected chi connectivity index (χ3v) is 12.8. The smallest absolute Gasteiger partial charge is 0.328 e. The number of aromatic hydroxyl groups is 1. The highest BCUT2D eigenvalue weighted by Gasteiger charge is 2.68. The van der Waals surface area contributed by atoms with Crippen molar-refractivity contribution in [2.24, 2.45) is 41.9 Å². The van der Waals surface area contributed by atoms with Crippen molar-refractivity contribution >= 4 is 80.1 Å². The number of allylic oxidation sites excluding steroid dienone is 2. The largest absolute Gasteiger partial charge is 0.508 e. The first-order valence-electron chi connectivity index (χ1n) is 15.7. The first kappa shape index (κ1) is 31.7. The van der Waals surface area contributed by atoms with E-state index in [0.717, 1.165) is 25.4 Å². The summed E-state index contributed by atoms with van der Waals surface area (Å²) in [5.41, 5.74) is 6.54. The minimum atomic E-state index is -1.42. The molecule has 4 heterocycles. The number of benzene rings is 2. The third-order valence-electron chi connectivity index (χ3n) is 11.0. The summed E-state index contributed by atoms with van der Waals surface area (Å²) in [7, 11) is 1.66. The number of primary amides is 1. The summed E-state index contributed by atoms with van der Waals surface area (Å²) in [6.45, 7) is 3.68. The van der Waals surface area contributed by atoms with Crippen molar-refractivity contribution in [1.82, 2.24) is 14.7 Å². The number of hydrogen-bond donors (Lipinski definition) is 2. The van der Waals surface area contributed by atoms with E-state index in [4.69, 9.17) is 34.0 Å². The van der Waals surface area contributed by atoms with Crippen molar-refractivity contribution in [3.8, 4) is 16.3 Å². The Bertz CT molecular complexity index is 2240. The van der Waals surface area contributed by atoms with Gasteiger partial charge in [-0.05, 0) is 80.0 Å². The van der Waals surface area contributed by atoms with Gasteiger partial charge in [-0.15, -0.1) is 11.3 Å². The minimum Gasteiger partial charge on any atom is -0.508 e. The quantitative estimate of drug-likeness (QED) is 0.197. The Morgan fingerprint density at radius 3 is 2.47 bits per heavy atom. The van der Waals surface area contributed by atoms with E-state index in [1.54, 1.807) is 26.1 Å². The fourth-order valence-electron chi connectivity index (χ4n) is 8.77. The van der Waals surface area contributed by atoms with Crippen LogP contribution in [0.25, 0.3) is 20.7 Å². The standard InChI is InChI=1S/C35H29Cl2N5O6S/c1-14-19-10-16(37)5-9-25(19)49-29(14)23-13-26(40(3)39-23)41-31(45)22-12-20-17(6-7-18-27(20)32(46)42(30(18)44)34(38)48)28(35(22,2)33(41)47)21-11-15(36)4-8-24(21)43/h4-6,8-11,13,18,20,22,27-28,43H,7,12H2,1-3H3,(H2,38,48). The maximum atomic E-state index is 14.9. The SMILES string of the molecule is Cc1c(-c2cc(N3C(=O)C4CC5C(=CCC6C(=O)N(C(N)=O)C(=O)C65)C(c5cc(Cl)ccc5O)C4(C)C3=O)n(C)n2)sc2ccc(Cl)cc12. The summed E-state index contributed by atoms with van der Waals surface area (Å²) >= 11 is 14.2. The van der Waals surface area contributed by atoms with Crippen molar-refractivity contribution in [2.75, 3.05) is 4.90 Å². The van der Waals surface area contributed by atoms with Crippen molar-refractivity contribution in [3.05, 3.63) is 75.3 Å². The predicted octanol–water partition coefficient (Wildman–Crippen LogP) is 5.93. The number of anilines is 1. The van der Waals surface area contributed by atoms with Crippen LogP contribution in [0.1, 0.15) is 36.8 Å². The van der Waals surface area contributed by atoms with Gasteiger partial charge in [0, 0.05) is 39.3 Å². The maximum Gasteiger partial charge on any atom is 0.328 e. The van der Waals surface area contributed by atoms with Gasteiger partial charge >= 0.3 is 6.03 Å². The normalized spacial score (nSPS) is 27.9. The minimum absolute atomic E-state index is 0.0644. The fourth-order valence-corrected chi connectivity index (χ4v) is 10.3. The predicted molar refractivity (Wildman–Crippen MR) is 183 cm³/mol. The van der Waals surface area contributed by atoms with E-state index < -0.39 is 64.7 Å². The van der Waals surface area contributed by atoms with Gasteiger partial charge in [-0.3, -0.25) is 23.9 Å².